The topological polar surface area (TPSA) is 49.8 Å². The zero-order chi connectivity index (χ0) is 17.4. The molecular weight excluding hydrogens is 322 g/mol. The van der Waals surface area contributed by atoms with E-state index >= 15 is 0 Å². The van der Waals surface area contributed by atoms with Crippen molar-refractivity contribution in [3.8, 4) is 11.5 Å². The Balaban J connectivity index is 1.70. The van der Waals surface area contributed by atoms with Gasteiger partial charge in [-0.3, -0.25) is 4.79 Å². The Bertz CT molecular complexity index is 641. The van der Waals surface area contributed by atoms with Crippen LogP contribution < -0.4 is 4.74 Å². The highest BCUT2D eigenvalue weighted by molar-refractivity contribution is 7.99. The van der Waals surface area contributed by atoms with E-state index in [1.54, 1.807) is 35.9 Å². The second-order valence-corrected chi connectivity index (χ2v) is 6.71. The molecule has 0 saturated heterocycles. The van der Waals surface area contributed by atoms with Crippen molar-refractivity contribution in [2.45, 2.75) is 24.3 Å². The van der Waals surface area contributed by atoms with Crippen molar-refractivity contribution >= 4 is 17.7 Å². The molecule has 0 aromatic heterocycles. The summed E-state index contributed by atoms with van der Waals surface area (Å²) in [5, 5.41) is 9.25. The molecule has 2 aromatic rings. The molecule has 0 saturated carbocycles. The average molecular weight is 345 g/mol. The number of hydrogen-bond acceptors (Lipinski definition) is 4. The number of nitrogens with zero attached hydrogens (tertiary/aromatic N) is 1. The SMILES string of the molecule is COc1ccc(CN(C)C(=O)CCCSc2ccc(O)cc2)cc1. The first-order chi connectivity index (χ1) is 11.6. The summed E-state index contributed by atoms with van der Waals surface area (Å²) >= 11 is 1.70. The van der Waals surface area contributed by atoms with Gasteiger partial charge in [0, 0.05) is 24.9 Å². The highest BCUT2D eigenvalue weighted by Gasteiger charge is 2.09. The van der Waals surface area contributed by atoms with Crippen molar-refractivity contribution in [2.75, 3.05) is 19.9 Å². The third-order valence-electron chi connectivity index (χ3n) is 3.64. The number of benzene rings is 2. The van der Waals surface area contributed by atoms with Gasteiger partial charge in [0.1, 0.15) is 11.5 Å². The number of carbonyl (C=O) groups excluding carboxylic acids is 1. The molecule has 0 unspecified atom stereocenters. The lowest BCUT2D eigenvalue weighted by atomic mass is 10.2. The third kappa shape index (κ3) is 5.81. The molecule has 128 valence electrons. The van der Waals surface area contributed by atoms with Crippen molar-refractivity contribution < 1.29 is 14.6 Å². The Morgan fingerprint density at radius 2 is 1.79 bits per heavy atom. The van der Waals surface area contributed by atoms with E-state index in [1.165, 1.54) is 0 Å². The van der Waals surface area contributed by atoms with Crippen LogP contribution in [0.15, 0.2) is 53.4 Å². The average Bonchev–Trinajstić information content (AvgIpc) is 2.60. The van der Waals surface area contributed by atoms with Gasteiger partial charge in [-0.1, -0.05) is 12.1 Å². The van der Waals surface area contributed by atoms with Crippen LogP contribution in [0.5, 0.6) is 11.5 Å². The third-order valence-corrected chi connectivity index (χ3v) is 4.74. The van der Waals surface area contributed by atoms with E-state index in [0.717, 1.165) is 28.4 Å². The van der Waals surface area contributed by atoms with E-state index in [1.807, 2.05) is 43.4 Å². The molecule has 1 amide bonds. The van der Waals surface area contributed by atoms with Crippen LogP contribution in [0, 0.1) is 0 Å². The number of aromatic hydroxyl groups is 1. The minimum Gasteiger partial charge on any atom is -0.508 e. The number of thioether (sulfide) groups is 1. The quantitative estimate of drug-likeness (QED) is 0.582. The normalized spacial score (nSPS) is 10.4. The number of carbonyl (C=O) groups is 1. The van der Waals surface area contributed by atoms with E-state index in [0.29, 0.717) is 13.0 Å². The molecule has 0 aliphatic carbocycles. The van der Waals surface area contributed by atoms with Gasteiger partial charge in [-0.25, -0.2) is 0 Å². The zero-order valence-electron chi connectivity index (χ0n) is 14.1. The molecule has 0 atom stereocenters. The van der Waals surface area contributed by atoms with Crippen molar-refractivity contribution in [1.82, 2.24) is 4.90 Å². The highest BCUT2D eigenvalue weighted by Crippen LogP contribution is 2.22. The molecule has 5 heteroatoms. The van der Waals surface area contributed by atoms with Crippen molar-refractivity contribution in [3.05, 3.63) is 54.1 Å². The van der Waals surface area contributed by atoms with Crippen LogP contribution in [0.3, 0.4) is 0 Å². The first-order valence-corrected chi connectivity index (χ1v) is 8.86. The lowest BCUT2D eigenvalue weighted by Gasteiger charge is -2.17. The van der Waals surface area contributed by atoms with Crippen LogP contribution in [0.4, 0.5) is 0 Å². The van der Waals surface area contributed by atoms with Gasteiger partial charge < -0.3 is 14.7 Å². The maximum atomic E-state index is 12.2. The largest absolute Gasteiger partial charge is 0.508 e. The monoisotopic (exact) mass is 345 g/mol. The maximum Gasteiger partial charge on any atom is 0.222 e. The minimum absolute atomic E-state index is 0.150. The number of phenols is 1. The molecule has 0 aliphatic heterocycles. The van der Waals surface area contributed by atoms with Gasteiger partial charge >= 0.3 is 0 Å². The van der Waals surface area contributed by atoms with Gasteiger partial charge in [0.05, 0.1) is 7.11 Å². The van der Waals surface area contributed by atoms with Gasteiger partial charge in [0.25, 0.3) is 0 Å². The van der Waals surface area contributed by atoms with Crippen LogP contribution in [0.1, 0.15) is 18.4 Å². The van der Waals surface area contributed by atoms with E-state index < -0.39 is 0 Å². The van der Waals surface area contributed by atoms with Gasteiger partial charge in [-0.2, -0.15) is 0 Å². The number of phenolic OH excluding ortho intramolecular Hbond substituents is 1. The molecular formula is C19H23NO3S. The fourth-order valence-electron chi connectivity index (χ4n) is 2.24. The van der Waals surface area contributed by atoms with Gasteiger partial charge in [-0.15, -0.1) is 11.8 Å². The first kappa shape index (κ1) is 18.2. The molecule has 1 N–H and O–H groups in total. The fourth-order valence-corrected chi connectivity index (χ4v) is 3.09. The molecule has 2 aromatic carbocycles. The number of ether oxygens (including phenoxy) is 1. The summed E-state index contributed by atoms with van der Waals surface area (Å²) in [6.07, 6.45) is 1.37. The Labute approximate surface area is 147 Å². The summed E-state index contributed by atoms with van der Waals surface area (Å²) in [6, 6.07) is 14.9. The summed E-state index contributed by atoms with van der Waals surface area (Å²) in [5.74, 6) is 2.12. The van der Waals surface area contributed by atoms with Crippen molar-refractivity contribution in [2.24, 2.45) is 0 Å². The van der Waals surface area contributed by atoms with Gasteiger partial charge in [0.2, 0.25) is 5.91 Å². The van der Waals surface area contributed by atoms with Crippen LogP contribution >= 0.6 is 11.8 Å². The second-order valence-electron chi connectivity index (χ2n) is 5.54. The van der Waals surface area contributed by atoms with E-state index in [9.17, 15) is 9.90 Å². The van der Waals surface area contributed by atoms with Crippen LogP contribution in [-0.4, -0.2) is 35.8 Å². The molecule has 24 heavy (non-hydrogen) atoms. The predicted molar refractivity (Wildman–Crippen MR) is 97.5 cm³/mol. The van der Waals surface area contributed by atoms with Gasteiger partial charge in [0.15, 0.2) is 0 Å². The van der Waals surface area contributed by atoms with E-state index in [2.05, 4.69) is 0 Å². The van der Waals surface area contributed by atoms with Crippen molar-refractivity contribution in [1.29, 1.82) is 0 Å². The Morgan fingerprint density at radius 1 is 1.12 bits per heavy atom. The van der Waals surface area contributed by atoms with Crippen LogP contribution in [-0.2, 0) is 11.3 Å². The zero-order valence-corrected chi connectivity index (χ0v) is 14.9. The maximum absolute atomic E-state index is 12.2. The summed E-state index contributed by atoms with van der Waals surface area (Å²) in [6.45, 7) is 0.605. The predicted octanol–water partition coefficient (Wildman–Crippen LogP) is 3.93. The summed E-state index contributed by atoms with van der Waals surface area (Å²) < 4.78 is 5.13. The summed E-state index contributed by atoms with van der Waals surface area (Å²) in [5.41, 5.74) is 1.09. The molecule has 0 heterocycles. The van der Waals surface area contributed by atoms with Crippen LogP contribution in [0.25, 0.3) is 0 Å². The molecule has 0 fully saturated rings. The van der Waals surface area contributed by atoms with Crippen molar-refractivity contribution in [3.63, 3.8) is 0 Å². The van der Waals surface area contributed by atoms with Crippen LogP contribution in [0.2, 0.25) is 0 Å². The smallest absolute Gasteiger partial charge is 0.222 e. The minimum atomic E-state index is 0.150. The van der Waals surface area contributed by atoms with E-state index in [4.69, 9.17) is 4.74 Å². The highest BCUT2D eigenvalue weighted by atomic mass is 32.2. The molecule has 2 rings (SSSR count). The Kier molecular flexibility index (Phi) is 7.00. The lowest BCUT2D eigenvalue weighted by molar-refractivity contribution is -0.130. The number of amides is 1. The first-order valence-electron chi connectivity index (χ1n) is 7.87. The number of hydrogen-bond donors (Lipinski definition) is 1. The summed E-state index contributed by atoms with van der Waals surface area (Å²) in [4.78, 5) is 15.0. The second kappa shape index (κ2) is 9.23. The fraction of sp³-hybridized carbons (Fsp3) is 0.316. The Morgan fingerprint density at radius 3 is 2.42 bits per heavy atom. The standard InChI is InChI=1S/C19H23NO3S/c1-20(14-15-5-9-17(23-2)10-6-15)19(22)4-3-13-24-18-11-7-16(21)8-12-18/h5-12,21H,3-4,13-14H2,1-2H3. The molecule has 0 radical (unpaired) electrons. The van der Waals surface area contributed by atoms with E-state index in [-0.39, 0.29) is 11.7 Å². The number of methoxy groups -OCH3 is 1. The molecule has 0 spiro atoms. The van der Waals surface area contributed by atoms with Gasteiger partial charge in [-0.05, 0) is 54.1 Å². The Hall–Kier alpha value is -2.14. The molecule has 0 bridgehead atoms. The lowest BCUT2D eigenvalue weighted by Crippen LogP contribution is -2.25. The number of rotatable bonds is 8. The summed E-state index contributed by atoms with van der Waals surface area (Å²) in [7, 11) is 3.47. The molecule has 4 nitrogen and oxygen atoms in total. The molecule has 0 aliphatic rings.